The number of nitrogens with zero attached hydrogens (tertiary/aromatic N) is 2. The molecule has 2 aromatic carbocycles. The van der Waals surface area contributed by atoms with Crippen LogP contribution in [0.5, 0.6) is 0 Å². The van der Waals surface area contributed by atoms with Crippen molar-refractivity contribution in [2.75, 3.05) is 0 Å². The van der Waals surface area contributed by atoms with Gasteiger partial charge in [-0.25, -0.2) is 9.37 Å². The highest BCUT2D eigenvalue weighted by atomic mass is 19.1. The summed E-state index contributed by atoms with van der Waals surface area (Å²) >= 11 is 0. The summed E-state index contributed by atoms with van der Waals surface area (Å²) in [7, 11) is 0. The van der Waals surface area contributed by atoms with Gasteiger partial charge in [-0.15, -0.1) is 0 Å². The molecule has 3 nitrogen and oxygen atoms in total. The van der Waals surface area contributed by atoms with Crippen LogP contribution in [-0.4, -0.2) is 15.2 Å². The quantitative estimate of drug-likeness (QED) is 0.758. The van der Waals surface area contributed by atoms with Gasteiger partial charge in [-0.3, -0.25) is 5.10 Å². The largest absolute Gasteiger partial charge is 0.259 e. The van der Waals surface area contributed by atoms with E-state index in [0.717, 1.165) is 11.1 Å². The fourth-order valence-electron chi connectivity index (χ4n) is 1.83. The maximum absolute atomic E-state index is 12.9. The first-order chi connectivity index (χ1) is 9.22. The van der Waals surface area contributed by atoms with Gasteiger partial charge in [0.1, 0.15) is 5.82 Å². The third-order valence-electron chi connectivity index (χ3n) is 2.91. The van der Waals surface area contributed by atoms with E-state index < -0.39 is 0 Å². The van der Waals surface area contributed by atoms with E-state index in [4.69, 9.17) is 0 Å². The Hall–Kier alpha value is -2.49. The Balaban J connectivity index is 1.95. The van der Waals surface area contributed by atoms with Gasteiger partial charge in [0.15, 0.2) is 11.6 Å². The number of nitrogens with one attached hydrogen (secondary N) is 1. The summed E-state index contributed by atoms with van der Waals surface area (Å²) < 4.78 is 12.9. The van der Waals surface area contributed by atoms with Crippen molar-refractivity contribution in [2.24, 2.45) is 0 Å². The lowest BCUT2D eigenvalue weighted by molar-refractivity contribution is 0.628. The van der Waals surface area contributed by atoms with Crippen molar-refractivity contribution in [3.8, 4) is 22.8 Å². The van der Waals surface area contributed by atoms with Gasteiger partial charge >= 0.3 is 0 Å². The molecule has 1 aromatic heterocycles. The van der Waals surface area contributed by atoms with Crippen LogP contribution in [0.3, 0.4) is 0 Å². The molecule has 0 aliphatic heterocycles. The van der Waals surface area contributed by atoms with Gasteiger partial charge in [0.25, 0.3) is 0 Å². The number of benzene rings is 2. The molecule has 4 heteroatoms. The van der Waals surface area contributed by atoms with Gasteiger partial charge in [0.2, 0.25) is 0 Å². The van der Waals surface area contributed by atoms with Gasteiger partial charge < -0.3 is 0 Å². The molecule has 0 fully saturated rings. The third kappa shape index (κ3) is 2.38. The lowest BCUT2D eigenvalue weighted by Crippen LogP contribution is -1.82. The first-order valence-corrected chi connectivity index (χ1v) is 5.98. The molecular weight excluding hydrogens is 241 g/mol. The van der Waals surface area contributed by atoms with Gasteiger partial charge in [-0.1, -0.05) is 29.8 Å². The normalized spacial score (nSPS) is 10.6. The molecule has 3 aromatic rings. The van der Waals surface area contributed by atoms with E-state index in [9.17, 15) is 4.39 Å². The summed E-state index contributed by atoms with van der Waals surface area (Å²) in [5.74, 6) is 1.01. The van der Waals surface area contributed by atoms with Gasteiger partial charge in [0.05, 0.1) is 0 Å². The van der Waals surface area contributed by atoms with Crippen LogP contribution in [0.2, 0.25) is 0 Å². The SMILES string of the molecule is Cc1ccc(-c2nc(-c3ccc(F)cc3)n[nH]2)cc1. The highest BCUT2D eigenvalue weighted by molar-refractivity contribution is 5.61. The smallest absolute Gasteiger partial charge is 0.181 e. The number of aromatic amines is 1. The molecule has 0 unspecified atom stereocenters. The zero-order valence-electron chi connectivity index (χ0n) is 10.4. The molecule has 19 heavy (non-hydrogen) atoms. The van der Waals surface area contributed by atoms with E-state index in [1.807, 2.05) is 31.2 Å². The lowest BCUT2D eigenvalue weighted by Gasteiger charge is -1.96. The van der Waals surface area contributed by atoms with E-state index in [-0.39, 0.29) is 5.82 Å². The number of halogens is 1. The van der Waals surface area contributed by atoms with Crippen molar-refractivity contribution in [1.29, 1.82) is 0 Å². The monoisotopic (exact) mass is 253 g/mol. The van der Waals surface area contributed by atoms with Crippen LogP contribution in [-0.2, 0) is 0 Å². The first-order valence-electron chi connectivity index (χ1n) is 5.98. The van der Waals surface area contributed by atoms with E-state index in [0.29, 0.717) is 11.6 Å². The summed E-state index contributed by atoms with van der Waals surface area (Å²) in [5, 5.41) is 7.06. The minimum atomic E-state index is -0.266. The van der Waals surface area contributed by atoms with Gasteiger partial charge in [-0.05, 0) is 31.2 Å². The molecule has 1 N–H and O–H groups in total. The molecule has 0 saturated heterocycles. The Morgan fingerprint density at radius 1 is 0.895 bits per heavy atom. The molecule has 0 aliphatic rings. The molecule has 0 aliphatic carbocycles. The standard InChI is InChI=1S/C15H12FN3/c1-10-2-4-11(5-3-10)14-17-15(19-18-14)12-6-8-13(16)9-7-12/h2-9H,1H3,(H,17,18,19). The molecule has 0 radical (unpaired) electrons. The maximum atomic E-state index is 12.9. The fraction of sp³-hybridized carbons (Fsp3) is 0.0667. The maximum Gasteiger partial charge on any atom is 0.181 e. The molecular formula is C15H12FN3. The van der Waals surface area contributed by atoms with E-state index in [2.05, 4.69) is 15.2 Å². The summed E-state index contributed by atoms with van der Waals surface area (Å²) in [5.41, 5.74) is 2.96. The Labute approximate surface area is 110 Å². The minimum absolute atomic E-state index is 0.266. The van der Waals surface area contributed by atoms with Crippen LogP contribution >= 0.6 is 0 Å². The Morgan fingerprint density at radius 2 is 1.53 bits per heavy atom. The predicted octanol–water partition coefficient (Wildman–Crippen LogP) is 3.59. The second kappa shape index (κ2) is 4.65. The molecule has 0 spiro atoms. The average Bonchev–Trinajstić information content (AvgIpc) is 2.90. The van der Waals surface area contributed by atoms with Crippen molar-refractivity contribution in [2.45, 2.75) is 6.92 Å². The molecule has 3 rings (SSSR count). The molecule has 0 amide bonds. The van der Waals surface area contributed by atoms with Crippen molar-refractivity contribution in [1.82, 2.24) is 15.2 Å². The molecule has 94 valence electrons. The molecule has 1 heterocycles. The Bertz CT molecular complexity index is 624. The van der Waals surface area contributed by atoms with Crippen LogP contribution in [0.1, 0.15) is 5.56 Å². The molecule has 0 saturated carbocycles. The molecule has 0 atom stereocenters. The highest BCUT2D eigenvalue weighted by Gasteiger charge is 2.07. The van der Waals surface area contributed by atoms with Gasteiger partial charge in [0, 0.05) is 11.1 Å². The van der Waals surface area contributed by atoms with Crippen molar-refractivity contribution < 1.29 is 4.39 Å². The number of H-pyrrole nitrogens is 1. The van der Waals surface area contributed by atoms with Crippen LogP contribution in [0.4, 0.5) is 4.39 Å². The zero-order chi connectivity index (χ0) is 13.2. The van der Waals surface area contributed by atoms with Crippen molar-refractivity contribution in [3.63, 3.8) is 0 Å². The van der Waals surface area contributed by atoms with Crippen LogP contribution < -0.4 is 0 Å². The number of hydrogen-bond donors (Lipinski definition) is 1. The second-order valence-electron chi connectivity index (χ2n) is 4.38. The Kier molecular flexibility index (Phi) is 2.83. The highest BCUT2D eigenvalue weighted by Crippen LogP contribution is 2.20. The summed E-state index contributed by atoms with van der Waals surface area (Å²) in [6.45, 7) is 2.04. The number of aromatic nitrogens is 3. The number of aryl methyl sites for hydroxylation is 1. The molecule has 0 bridgehead atoms. The minimum Gasteiger partial charge on any atom is -0.259 e. The summed E-state index contributed by atoms with van der Waals surface area (Å²) in [6, 6.07) is 14.2. The summed E-state index contributed by atoms with van der Waals surface area (Å²) in [4.78, 5) is 4.42. The van der Waals surface area contributed by atoms with Gasteiger partial charge in [-0.2, -0.15) is 5.10 Å². The first kappa shape index (κ1) is 11.6. The number of hydrogen-bond acceptors (Lipinski definition) is 2. The third-order valence-corrected chi connectivity index (χ3v) is 2.91. The van der Waals surface area contributed by atoms with Crippen LogP contribution in [0, 0.1) is 12.7 Å². The van der Waals surface area contributed by atoms with E-state index >= 15 is 0 Å². The van der Waals surface area contributed by atoms with E-state index in [1.165, 1.54) is 17.7 Å². The van der Waals surface area contributed by atoms with Crippen molar-refractivity contribution >= 4 is 0 Å². The van der Waals surface area contributed by atoms with Crippen LogP contribution in [0.25, 0.3) is 22.8 Å². The fourth-order valence-corrected chi connectivity index (χ4v) is 1.83. The average molecular weight is 253 g/mol. The zero-order valence-corrected chi connectivity index (χ0v) is 10.4. The summed E-state index contributed by atoms with van der Waals surface area (Å²) in [6.07, 6.45) is 0. The Morgan fingerprint density at radius 3 is 2.21 bits per heavy atom. The topological polar surface area (TPSA) is 41.6 Å². The number of rotatable bonds is 2. The van der Waals surface area contributed by atoms with Crippen molar-refractivity contribution in [3.05, 3.63) is 59.9 Å². The second-order valence-corrected chi connectivity index (χ2v) is 4.38. The van der Waals surface area contributed by atoms with Crippen LogP contribution in [0.15, 0.2) is 48.5 Å². The van der Waals surface area contributed by atoms with E-state index in [1.54, 1.807) is 12.1 Å². The predicted molar refractivity (Wildman–Crippen MR) is 71.9 cm³/mol. The lowest BCUT2D eigenvalue weighted by atomic mass is 10.1.